The molecule has 1 aliphatic rings. The summed E-state index contributed by atoms with van der Waals surface area (Å²) in [5.74, 6) is -1.76. The minimum Gasteiger partial charge on any atom is -0.368 e. The van der Waals surface area contributed by atoms with Crippen LogP contribution in [0.5, 0.6) is 0 Å². The third-order valence-corrected chi connectivity index (χ3v) is 4.60. The molecule has 3 rings (SSSR count). The van der Waals surface area contributed by atoms with Gasteiger partial charge in [0.05, 0.1) is 12.3 Å². The van der Waals surface area contributed by atoms with Crippen LogP contribution in [0.2, 0.25) is 0 Å². The quantitative estimate of drug-likeness (QED) is 0.832. The van der Waals surface area contributed by atoms with Crippen molar-refractivity contribution in [3.05, 3.63) is 38.6 Å². The lowest BCUT2D eigenvalue weighted by Gasteiger charge is -2.21. The van der Waals surface area contributed by atoms with Crippen molar-refractivity contribution in [1.82, 2.24) is 10.3 Å². The third-order valence-electron chi connectivity index (χ3n) is 3.01. The van der Waals surface area contributed by atoms with Gasteiger partial charge in [0.2, 0.25) is 0 Å². The van der Waals surface area contributed by atoms with E-state index in [1.807, 2.05) is 5.38 Å². The molecule has 0 saturated carbocycles. The molecule has 0 unspecified atom stereocenters. The van der Waals surface area contributed by atoms with Crippen molar-refractivity contribution < 1.29 is 13.5 Å². The predicted molar refractivity (Wildman–Crippen MR) is 76.7 cm³/mol. The summed E-state index contributed by atoms with van der Waals surface area (Å²) < 4.78 is 32.6. The minimum absolute atomic E-state index is 0.0772. The van der Waals surface area contributed by atoms with E-state index in [0.717, 1.165) is 23.7 Å². The Kier molecular flexibility index (Phi) is 4.11. The Hall–Kier alpha value is -0.890. The van der Waals surface area contributed by atoms with Gasteiger partial charge in [-0.2, -0.15) is 0 Å². The minimum atomic E-state index is -0.881. The molecular formula is C13H11BrF2N2OS. The number of rotatable bonds is 2. The van der Waals surface area contributed by atoms with Gasteiger partial charge in [0, 0.05) is 28.5 Å². The molecule has 0 bridgehead atoms. The van der Waals surface area contributed by atoms with Crippen molar-refractivity contribution in [3.63, 3.8) is 0 Å². The van der Waals surface area contributed by atoms with Gasteiger partial charge in [-0.25, -0.2) is 13.8 Å². The molecule has 0 aliphatic carbocycles. The zero-order valence-electron chi connectivity index (χ0n) is 10.3. The topological polar surface area (TPSA) is 34.1 Å². The maximum atomic E-state index is 13.4. The first-order chi connectivity index (χ1) is 9.65. The summed E-state index contributed by atoms with van der Waals surface area (Å²) >= 11 is 4.69. The van der Waals surface area contributed by atoms with Crippen molar-refractivity contribution in [2.45, 2.75) is 6.10 Å². The molecule has 1 aromatic carbocycles. The highest BCUT2D eigenvalue weighted by Gasteiger charge is 2.20. The highest BCUT2D eigenvalue weighted by atomic mass is 79.9. The van der Waals surface area contributed by atoms with Crippen LogP contribution in [0, 0.1) is 11.6 Å². The Bertz CT molecular complexity index is 629. The van der Waals surface area contributed by atoms with Crippen LogP contribution in [-0.2, 0) is 4.74 Å². The van der Waals surface area contributed by atoms with Crippen molar-refractivity contribution in [2.75, 3.05) is 19.7 Å². The van der Waals surface area contributed by atoms with Crippen LogP contribution in [-0.4, -0.2) is 24.7 Å². The van der Waals surface area contributed by atoms with Gasteiger partial charge >= 0.3 is 0 Å². The summed E-state index contributed by atoms with van der Waals surface area (Å²) in [7, 11) is 0. The standard InChI is InChI=1S/C13H11BrF2N2OS/c14-8-4-10(16)9(15)3-7(8)11-6-20-13(18-11)12-5-17-1-2-19-12/h3-4,6,12,17H,1-2,5H2/t12-/m1/s1. The Labute approximate surface area is 127 Å². The number of nitrogens with one attached hydrogen (secondary N) is 1. The van der Waals surface area contributed by atoms with Crippen LogP contribution < -0.4 is 5.32 Å². The SMILES string of the molecule is Fc1cc(Br)c(-c2csc([C@H]3CNCCO3)n2)cc1F. The predicted octanol–water partition coefficient (Wildman–Crippen LogP) is 3.51. The van der Waals surface area contributed by atoms with Crippen molar-refractivity contribution >= 4 is 27.3 Å². The number of morpholine rings is 1. The fraction of sp³-hybridized carbons (Fsp3) is 0.308. The Balaban J connectivity index is 1.91. The molecule has 1 saturated heterocycles. The van der Waals surface area contributed by atoms with Crippen molar-refractivity contribution in [2.24, 2.45) is 0 Å². The maximum absolute atomic E-state index is 13.4. The molecule has 106 valence electrons. The fourth-order valence-electron chi connectivity index (χ4n) is 2.00. The fourth-order valence-corrected chi connectivity index (χ4v) is 3.39. The van der Waals surface area contributed by atoms with E-state index in [9.17, 15) is 8.78 Å². The third kappa shape index (κ3) is 2.76. The summed E-state index contributed by atoms with van der Waals surface area (Å²) in [6.45, 7) is 2.20. The molecule has 3 nitrogen and oxygen atoms in total. The average molecular weight is 361 g/mol. The molecule has 7 heteroatoms. The average Bonchev–Trinajstić information content (AvgIpc) is 2.93. The molecule has 2 heterocycles. The van der Waals surface area contributed by atoms with Gasteiger partial charge in [-0.3, -0.25) is 0 Å². The maximum Gasteiger partial charge on any atom is 0.159 e. The van der Waals surface area contributed by atoms with Crippen LogP contribution in [0.3, 0.4) is 0 Å². The van der Waals surface area contributed by atoms with E-state index < -0.39 is 11.6 Å². The van der Waals surface area contributed by atoms with Crippen molar-refractivity contribution in [3.8, 4) is 11.3 Å². The summed E-state index contributed by atoms with van der Waals surface area (Å²) in [6, 6.07) is 2.26. The zero-order chi connectivity index (χ0) is 14.1. The van der Waals surface area contributed by atoms with E-state index in [1.54, 1.807) is 0 Å². The molecule has 1 aliphatic heterocycles. The number of ether oxygens (including phenoxy) is 1. The highest BCUT2D eigenvalue weighted by molar-refractivity contribution is 9.10. The molecule has 1 atom stereocenters. The Morgan fingerprint density at radius 3 is 2.90 bits per heavy atom. The zero-order valence-corrected chi connectivity index (χ0v) is 12.7. The summed E-state index contributed by atoms with van der Waals surface area (Å²) in [4.78, 5) is 4.47. The second-order valence-electron chi connectivity index (χ2n) is 4.38. The summed E-state index contributed by atoms with van der Waals surface area (Å²) in [5.41, 5.74) is 1.15. The van der Waals surface area contributed by atoms with Crippen LogP contribution in [0.4, 0.5) is 8.78 Å². The van der Waals surface area contributed by atoms with E-state index in [-0.39, 0.29) is 6.10 Å². The highest BCUT2D eigenvalue weighted by Crippen LogP contribution is 2.33. The van der Waals surface area contributed by atoms with E-state index in [1.165, 1.54) is 11.3 Å². The number of hydrogen-bond acceptors (Lipinski definition) is 4. The first-order valence-corrected chi connectivity index (χ1v) is 7.75. The molecule has 1 aromatic heterocycles. The number of nitrogens with zero attached hydrogens (tertiary/aromatic N) is 1. The van der Waals surface area contributed by atoms with E-state index in [4.69, 9.17) is 4.74 Å². The second-order valence-corrected chi connectivity index (χ2v) is 6.12. The van der Waals surface area contributed by atoms with Gasteiger partial charge in [-0.05, 0) is 28.1 Å². The first kappa shape index (κ1) is 14.1. The molecule has 1 N–H and O–H groups in total. The van der Waals surface area contributed by atoms with Crippen LogP contribution in [0.25, 0.3) is 11.3 Å². The summed E-state index contributed by atoms with van der Waals surface area (Å²) in [5, 5.41) is 5.89. The number of benzene rings is 1. The Morgan fingerprint density at radius 2 is 2.15 bits per heavy atom. The lowest BCUT2D eigenvalue weighted by atomic mass is 10.1. The number of halogens is 3. The Morgan fingerprint density at radius 1 is 1.35 bits per heavy atom. The molecule has 0 spiro atoms. The van der Waals surface area contributed by atoms with Crippen LogP contribution in [0.15, 0.2) is 22.0 Å². The van der Waals surface area contributed by atoms with Gasteiger partial charge in [0.1, 0.15) is 11.1 Å². The van der Waals surface area contributed by atoms with E-state index in [2.05, 4.69) is 26.2 Å². The molecule has 1 fully saturated rings. The van der Waals surface area contributed by atoms with Gasteiger partial charge in [-0.15, -0.1) is 11.3 Å². The molecule has 0 radical (unpaired) electrons. The number of hydrogen-bond donors (Lipinski definition) is 1. The summed E-state index contributed by atoms with van der Waals surface area (Å²) in [6.07, 6.45) is -0.0772. The first-order valence-electron chi connectivity index (χ1n) is 6.08. The lowest BCUT2D eigenvalue weighted by Crippen LogP contribution is -2.33. The van der Waals surface area contributed by atoms with Gasteiger partial charge in [0.25, 0.3) is 0 Å². The molecule has 2 aromatic rings. The molecule has 0 amide bonds. The van der Waals surface area contributed by atoms with Gasteiger partial charge in [-0.1, -0.05) is 0 Å². The number of thiazole rings is 1. The van der Waals surface area contributed by atoms with E-state index >= 15 is 0 Å². The normalized spacial score (nSPS) is 19.2. The second kappa shape index (κ2) is 5.85. The van der Waals surface area contributed by atoms with Gasteiger partial charge in [0.15, 0.2) is 11.6 Å². The van der Waals surface area contributed by atoms with E-state index in [0.29, 0.717) is 28.9 Å². The smallest absolute Gasteiger partial charge is 0.159 e. The molecular weight excluding hydrogens is 350 g/mol. The van der Waals surface area contributed by atoms with Crippen molar-refractivity contribution in [1.29, 1.82) is 0 Å². The monoisotopic (exact) mass is 360 g/mol. The molecule has 20 heavy (non-hydrogen) atoms. The lowest BCUT2D eigenvalue weighted by molar-refractivity contribution is 0.0276. The van der Waals surface area contributed by atoms with Gasteiger partial charge < -0.3 is 10.1 Å². The van der Waals surface area contributed by atoms with Crippen LogP contribution >= 0.6 is 27.3 Å². The van der Waals surface area contributed by atoms with Crippen LogP contribution in [0.1, 0.15) is 11.1 Å². The largest absolute Gasteiger partial charge is 0.368 e. The number of aromatic nitrogens is 1.